The molecule has 0 aliphatic rings. The number of thiophene rings is 2. The van der Waals surface area contributed by atoms with Crippen LogP contribution in [0.5, 0.6) is 0 Å². The van der Waals surface area contributed by atoms with Gasteiger partial charge in [0.2, 0.25) is 5.91 Å². The lowest BCUT2D eigenvalue weighted by atomic mass is 10.0. The highest BCUT2D eigenvalue weighted by Gasteiger charge is 2.18. The van der Waals surface area contributed by atoms with Crippen molar-refractivity contribution in [3.8, 4) is 11.1 Å². The number of hydrogen-bond donors (Lipinski definition) is 0. The van der Waals surface area contributed by atoms with Gasteiger partial charge in [0, 0.05) is 31.6 Å². The monoisotopic (exact) mass is 469 g/mol. The highest BCUT2D eigenvalue weighted by atomic mass is 32.2. The van der Waals surface area contributed by atoms with Crippen molar-refractivity contribution in [2.75, 3.05) is 12.8 Å². The van der Waals surface area contributed by atoms with Crippen molar-refractivity contribution in [3.05, 3.63) is 67.4 Å². The van der Waals surface area contributed by atoms with Crippen LogP contribution in [0.25, 0.3) is 21.3 Å². The second-order valence-electron chi connectivity index (χ2n) is 7.56. The van der Waals surface area contributed by atoms with E-state index in [0.717, 1.165) is 16.7 Å². The maximum atomic E-state index is 13.2. The number of carbonyl (C=O) groups is 1. The van der Waals surface area contributed by atoms with E-state index in [1.54, 1.807) is 34.9 Å². The minimum Gasteiger partial charge on any atom is -0.341 e. The Kier molecular flexibility index (Phi) is 6.31. The standard InChI is InChI=1S/C23H23N3O2S3/c1-14-5-6-17(9-15(14)2)18-12-30-21-20(18)22(28)26(4)23(24-21)31-13-19(27)25(3)10-16-7-8-29-11-16/h5-9,11-12H,10,13H2,1-4H3. The molecule has 3 aromatic heterocycles. The molecule has 31 heavy (non-hydrogen) atoms. The Morgan fingerprint density at radius 3 is 2.71 bits per heavy atom. The molecule has 160 valence electrons. The zero-order valence-electron chi connectivity index (χ0n) is 17.8. The van der Waals surface area contributed by atoms with Gasteiger partial charge in [0.1, 0.15) is 4.83 Å². The number of aryl methyl sites for hydroxylation is 2. The van der Waals surface area contributed by atoms with Crippen LogP contribution in [0.3, 0.4) is 0 Å². The lowest BCUT2D eigenvalue weighted by molar-refractivity contribution is -0.127. The summed E-state index contributed by atoms with van der Waals surface area (Å²) in [6, 6.07) is 8.26. The van der Waals surface area contributed by atoms with E-state index >= 15 is 0 Å². The number of thioether (sulfide) groups is 1. The first kappa shape index (κ1) is 21.8. The molecule has 0 bridgehead atoms. The number of benzene rings is 1. The molecule has 0 N–H and O–H groups in total. The summed E-state index contributed by atoms with van der Waals surface area (Å²) in [5, 5.41) is 7.24. The van der Waals surface area contributed by atoms with E-state index in [-0.39, 0.29) is 17.2 Å². The molecule has 4 aromatic rings. The molecule has 1 amide bonds. The zero-order chi connectivity index (χ0) is 22.1. The van der Waals surface area contributed by atoms with Gasteiger partial charge in [-0.2, -0.15) is 11.3 Å². The predicted molar refractivity (Wildman–Crippen MR) is 131 cm³/mol. The Morgan fingerprint density at radius 1 is 1.19 bits per heavy atom. The van der Waals surface area contributed by atoms with Gasteiger partial charge in [0.05, 0.1) is 11.1 Å². The number of nitrogens with zero attached hydrogens (tertiary/aromatic N) is 3. The molecule has 4 rings (SSSR count). The number of carbonyl (C=O) groups excluding carboxylic acids is 1. The van der Waals surface area contributed by atoms with Crippen LogP contribution in [0.15, 0.2) is 50.4 Å². The normalized spacial score (nSPS) is 11.2. The average Bonchev–Trinajstić information content (AvgIpc) is 3.41. The van der Waals surface area contributed by atoms with E-state index in [1.165, 1.54) is 34.2 Å². The molecule has 1 aromatic carbocycles. The number of amides is 1. The van der Waals surface area contributed by atoms with Gasteiger partial charge in [-0.15, -0.1) is 11.3 Å². The molecule has 0 spiro atoms. The van der Waals surface area contributed by atoms with Crippen LogP contribution in [0.2, 0.25) is 0 Å². The largest absolute Gasteiger partial charge is 0.341 e. The van der Waals surface area contributed by atoms with Gasteiger partial charge in [-0.3, -0.25) is 14.2 Å². The summed E-state index contributed by atoms with van der Waals surface area (Å²) in [7, 11) is 3.52. The van der Waals surface area contributed by atoms with Crippen LogP contribution < -0.4 is 5.56 Å². The maximum Gasteiger partial charge on any atom is 0.263 e. The molecular weight excluding hydrogens is 446 g/mol. The minimum atomic E-state index is -0.0824. The zero-order valence-corrected chi connectivity index (χ0v) is 20.3. The molecule has 0 saturated heterocycles. The van der Waals surface area contributed by atoms with Crippen molar-refractivity contribution in [2.45, 2.75) is 25.5 Å². The second-order valence-corrected chi connectivity index (χ2v) is 10.1. The summed E-state index contributed by atoms with van der Waals surface area (Å²) in [5.41, 5.74) is 5.40. The van der Waals surface area contributed by atoms with E-state index in [1.807, 2.05) is 28.3 Å². The van der Waals surface area contributed by atoms with E-state index in [0.29, 0.717) is 21.9 Å². The molecule has 0 fully saturated rings. The quantitative estimate of drug-likeness (QED) is 0.292. The van der Waals surface area contributed by atoms with E-state index < -0.39 is 0 Å². The summed E-state index contributed by atoms with van der Waals surface area (Å²) in [6.07, 6.45) is 0. The molecule has 0 atom stereocenters. The van der Waals surface area contributed by atoms with Gasteiger partial charge in [-0.1, -0.05) is 30.0 Å². The second kappa shape index (κ2) is 8.98. The molecule has 5 nitrogen and oxygen atoms in total. The average molecular weight is 470 g/mol. The van der Waals surface area contributed by atoms with E-state index in [2.05, 4.69) is 26.0 Å². The van der Waals surface area contributed by atoms with Crippen LogP contribution in [-0.2, 0) is 18.4 Å². The molecule has 0 unspecified atom stereocenters. The van der Waals surface area contributed by atoms with Crippen molar-refractivity contribution in [3.63, 3.8) is 0 Å². The summed E-state index contributed by atoms with van der Waals surface area (Å²) >= 11 is 4.39. The number of fused-ring (bicyclic) bond motifs is 1. The highest BCUT2D eigenvalue weighted by molar-refractivity contribution is 7.99. The maximum absolute atomic E-state index is 13.2. The molecule has 0 radical (unpaired) electrons. The van der Waals surface area contributed by atoms with Crippen LogP contribution in [0.1, 0.15) is 16.7 Å². The molecule has 0 aliphatic carbocycles. The minimum absolute atomic E-state index is 0.00699. The van der Waals surface area contributed by atoms with Crippen LogP contribution in [-0.4, -0.2) is 33.2 Å². The summed E-state index contributed by atoms with van der Waals surface area (Å²) in [4.78, 5) is 32.8. The van der Waals surface area contributed by atoms with Crippen LogP contribution in [0.4, 0.5) is 0 Å². The van der Waals surface area contributed by atoms with Gasteiger partial charge in [-0.25, -0.2) is 4.98 Å². The van der Waals surface area contributed by atoms with Gasteiger partial charge >= 0.3 is 0 Å². The molecule has 0 aliphatic heterocycles. The first-order valence-corrected chi connectivity index (χ1v) is 12.6. The van der Waals surface area contributed by atoms with Crippen LogP contribution in [0, 0.1) is 13.8 Å². The van der Waals surface area contributed by atoms with Gasteiger partial charge in [0.25, 0.3) is 5.56 Å². The van der Waals surface area contributed by atoms with Crippen molar-refractivity contribution >= 4 is 50.6 Å². The Morgan fingerprint density at radius 2 is 2.00 bits per heavy atom. The predicted octanol–water partition coefficient (Wildman–Crippen LogP) is 5.09. The fourth-order valence-corrected chi connectivity index (χ4v) is 5.85. The lowest BCUT2D eigenvalue weighted by Gasteiger charge is -2.16. The van der Waals surface area contributed by atoms with Gasteiger partial charge in [0.15, 0.2) is 5.16 Å². The smallest absolute Gasteiger partial charge is 0.263 e. The fraction of sp³-hybridized carbons (Fsp3) is 0.261. The first-order chi connectivity index (χ1) is 14.8. The third-order valence-electron chi connectivity index (χ3n) is 5.34. The number of rotatable bonds is 6. The summed E-state index contributed by atoms with van der Waals surface area (Å²) in [5.74, 6) is 0.245. The lowest BCUT2D eigenvalue weighted by Crippen LogP contribution is -2.28. The molecule has 3 heterocycles. The molecule has 8 heteroatoms. The number of hydrogen-bond acceptors (Lipinski definition) is 6. The van der Waals surface area contributed by atoms with Crippen molar-refractivity contribution < 1.29 is 4.79 Å². The Bertz CT molecular complexity index is 1310. The summed E-state index contributed by atoms with van der Waals surface area (Å²) in [6.45, 7) is 4.73. The first-order valence-electron chi connectivity index (χ1n) is 9.79. The molecular formula is C23H23N3O2S3. The third-order valence-corrected chi connectivity index (χ3v) is 7.96. The van der Waals surface area contributed by atoms with Gasteiger partial charge < -0.3 is 4.90 Å². The summed E-state index contributed by atoms with van der Waals surface area (Å²) < 4.78 is 1.55. The van der Waals surface area contributed by atoms with Crippen LogP contribution >= 0.6 is 34.4 Å². The van der Waals surface area contributed by atoms with Crippen molar-refractivity contribution in [2.24, 2.45) is 7.05 Å². The van der Waals surface area contributed by atoms with Gasteiger partial charge in [-0.05, 0) is 52.9 Å². The Balaban J connectivity index is 1.57. The Labute approximate surface area is 193 Å². The number of aromatic nitrogens is 2. The van der Waals surface area contributed by atoms with E-state index in [4.69, 9.17) is 4.98 Å². The Hall–Kier alpha value is -2.42. The van der Waals surface area contributed by atoms with Crippen molar-refractivity contribution in [1.29, 1.82) is 0 Å². The van der Waals surface area contributed by atoms with Crippen molar-refractivity contribution in [1.82, 2.24) is 14.5 Å². The highest BCUT2D eigenvalue weighted by Crippen LogP contribution is 2.33. The van der Waals surface area contributed by atoms with E-state index in [9.17, 15) is 9.59 Å². The molecule has 0 saturated carbocycles. The fourth-order valence-electron chi connectivity index (χ4n) is 3.28. The SMILES string of the molecule is Cc1ccc(-c2csc3nc(SCC(=O)N(C)Cc4ccsc4)n(C)c(=O)c23)cc1C. The topological polar surface area (TPSA) is 55.2 Å². The third kappa shape index (κ3) is 4.46.